The third-order valence-electron chi connectivity index (χ3n) is 2.85. The zero-order valence-electron chi connectivity index (χ0n) is 11.4. The van der Waals surface area contributed by atoms with Crippen LogP contribution in [0.15, 0.2) is 42.5 Å². The molecule has 2 aromatic rings. The third-order valence-corrected chi connectivity index (χ3v) is 3.80. The van der Waals surface area contributed by atoms with Gasteiger partial charge in [-0.05, 0) is 71.5 Å². The molecule has 0 bridgehead atoms. The van der Waals surface area contributed by atoms with Gasteiger partial charge in [0.05, 0.1) is 18.2 Å². The highest BCUT2D eigenvalue weighted by atomic mass is 127. The van der Waals surface area contributed by atoms with Crippen LogP contribution in [0.2, 0.25) is 5.02 Å². The first-order valence-corrected chi connectivity index (χ1v) is 7.89. The molecule has 0 fully saturated rings. The summed E-state index contributed by atoms with van der Waals surface area (Å²) in [6.07, 6.45) is 1.80. The quantitative estimate of drug-likeness (QED) is 0.384. The van der Waals surface area contributed by atoms with Gasteiger partial charge >= 0.3 is 0 Å². The van der Waals surface area contributed by atoms with Gasteiger partial charge in [0.25, 0.3) is 0 Å². The first kappa shape index (κ1) is 15.9. The van der Waals surface area contributed by atoms with Crippen LogP contribution >= 0.6 is 34.2 Å². The van der Waals surface area contributed by atoms with Crippen LogP contribution in [0.3, 0.4) is 0 Å². The largest absolute Gasteiger partial charge is 0.493 e. The summed E-state index contributed by atoms with van der Waals surface area (Å²) in [5, 5.41) is 10.0. The summed E-state index contributed by atoms with van der Waals surface area (Å²) >= 11 is 8.28. The number of ether oxygens (including phenoxy) is 1. The first-order valence-electron chi connectivity index (χ1n) is 6.44. The van der Waals surface area contributed by atoms with E-state index in [0.29, 0.717) is 17.2 Å². The molecule has 2 rings (SSSR count). The van der Waals surface area contributed by atoms with Gasteiger partial charge in [0.15, 0.2) is 0 Å². The molecule has 106 valence electrons. The van der Waals surface area contributed by atoms with Crippen molar-refractivity contribution in [3.63, 3.8) is 0 Å². The molecular weight excluding hydrogens is 397 g/mol. The van der Waals surface area contributed by atoms with Crippen molar-refractivity contribution in [1.29, 1.82) is 5.26 Å². The summed E-state index contributed by atoms with van der Waals surface area (Å²) in [4.78, 5) is 0. The second-order valence-corrected chi connectivity index (χ2v) is 5.97. The minimum Gasteiger partial charge on any atom is -0.493 e. The summed E-state index contributed by atoms with van der Waals surface area (Å²) in [6, 6.07) is 15.4. The molecule has 0 aliphatic rings. The van der Waals surface area contributed by atoms with E-state index in [4.69, 9.17) is 16.3 Å². The average molecular weight is 410 g/mol. The summed E-state index contributed by atoms with van der Waals surface area (Å²) in [5.41, 5.74) is 2.26. The molecule has 0 atom stereocenters. The highest BCUT2D eigenvalue weighted by molar-refractivity contribution is 14.1. The van der Waals surface area contributed by atoms with Gasteiger partial charge in [0.2, 0.25) is 0 Å². The molecule has 4 heteroatoms. The zero-order chi connectivity index (χ0) is 15.2. The lowest BCUT2D eigenvalue weighted by molar-refractivity contribution is 0.339. The standard InChI is InChI=1S/C17H13ClINO/c1-2-21-17-8-5-15(18)10-13(17)9-14(11-20)12-3-6-16(19)7-4-12/h3-10H,2H2,1H3/b14-9-. The molecular formula is C17H13ClINO. The lowest BCUT2D eigenvalue weighted by Gasteiger charge is -2.08. The minimum absolute atomic E-state index is 0.563. The maximum Gasteiger partial charge on any atom is 0.126 e. The van der Waals surface area contributed by atoms with Crippen molar-refractivity contribution < 1.29 is 4.74 Å². The van der Waals surface area contributed by atoms with Gasteiger partial charge in [-0.1, -0.05) is 23.7 Å². The van der Waals surface area contributed by atoms with E-state index < -0.39 is 0 Å². The molecule has 0 radical (unpaired) electrons. The highest BCUT2D eigenvalue weighted by Crippen LogP contribution is 2.27. The number of hydrogen-bond acceptors (Lipinski definition) is 2. The van der Waals surface area contributed by atoms with E-state index in [1.54, 1.807) is 18.2 Å². The fraction of sp³-hybridized carbons (Fsp3) is 0.118. The number of rotatable bonds is 4. The van der Waals surface area contributed by atoms with Gasteiger partial charge in [-0.3, -0.25) is 0 Å². The van der Waals surface area contributed by atoms with E-state index in [1.807, 2.05) is 37.3 Å². The molecule has 2 nitrogen and oxygen atoms in total. The Balaban J connectivity index is 2.47. The highest BCUT2D eigenvalue weighted by Gasteiger charge is 2.06. The van der Waals surface area contributed by atoms with Crippen LogP contribution < -0.4 is 4.74 Å². The number of halogens is 2. The number of hydrogen-bond donors (Lipinski definition) is 0. The maximum absolute atomic E-state index is 9.41. The lowest BCUT2D eigenvalue weighted by Crippen LogP contribution is -1.94. The predicted molar refractivity (Wildman–Crippen MR) is 95.3 cm³/mol. The lowest BCUT2D eigenvalue weighted by atomic mass is 10.0. The summed E-state index contributed by atoms with van der Waals surface area (Å²) in [6.45, 7) is 2.49. The molecule has 0 saturated heterocycles. The van der Waals surface area contributed by atoms with Gasteiger partial charge < -0.3 is 4.74 Å². The molecule has 0 amide bonds. The third kappa shape index (κ3) is 4.23. The van der Waals surface area contributed by atoms with E-state index in [2.05, 4.69) is 28.7 Å². The Morgan fingerprint density at radius 2 is 2.00 bits per heavy atom. The van der Waals surface area contributed by atoms with Crippen LogP contribution in [0.25, 0.3) is 11.6 Å². The van der Waals surface area contributed by atoms with Crippen molar-refractivity contribution in [2.24, 2.45) is 0 Å². The average Bonchev–Trinajstić information content (AvgIpc) is 2.48. The Bertz CT molecular complexity index is 702. The molecule has 0 N–H and O–H groups in total. The van der Waals surface area contributed by atoms with Gasteiger partial charge in [-0.15, -0.1) is 0 Å². The number of nitrogens with zero attached hydrogens (tertiary/aromatic N) is 1. The normalized spacial score (nSPS) is 11.0. The molecule has 0 aliphatic carbocycles. The summed E-state index contributed by atoms with van der Waals surface area (Å²) in [7, 11) is 0. The second-order valence-electron chi connectivity index (χ2n) is 4.29. The monoisotopic (exact) mass is 409 g/mol. The van der Waals surface area contributed by atoms with Crippen molar-refractivity contribution >= 4 is 45.8 Å². The van der Waals surface area contributed by atoms with Crippen LogP contribution in [0.5, 0.6) is 5.75 Å². The van der Waals surface area contributed by atoms with Crippen LogP contribution in [0.4, 0.5) is 0 Å². The maximum atomic E-state index is 9.41. The fourth-order valence-corrected chi connectivity index (χ4v) is 2.42. The molecule has 0 spiro atoms. The molecule has 0 saturated carbocycles. The van der Waals surface area contributed by atoms with Gasteiger partial charge in [-0.25, -0.2) is 0 Å². The Hall–Kier alpha value is -1.51. The second kappa shape index (κ2) is 7.48. The van der Waals surface area contributed by atoms with Crippen LogP contribution in [-0.4, -0.2) is 6.61 Å². The Morgan fingerprint density at radius 3 is 2.62 bits per heavy atom. The topological polar surface area (TPSA) is 33.0 Å². The van der Waals surface area contributed by atoms with Crippen molar-refractivity contribution in [3.8, 4) is 11.8 Å². The molecule has 2 aromatic carbocycles. The van der Waals surface area contributed by atoms with E-state index in [-0.39, 0.29) is 0 Å². The Labute approximate surface area is 143 Å². The van der Waals surface area contributed by atoms with Crippen molar-refractivity contribution in [3.05, 3.63) is 62.2 Å². The molecule has 21 heavy (non-hydrogen) atoms. The number of benzene rings is 2. The van der Waals surface area contributed by atoms with E-state index in [9.17, 15) is 5.26 Å². The van der Waals surface area contributed by atoms with Gasteiger partial charge in [0.1, 0.15) is 5.75 Å². The van der Waals surface area contributed by atoms with Crippen LogP contribution in [0, 0.1) is 14.9 Å². The number of allylic oxidation sites excluding steroid dienone is 1. The summed E-state index contributed by atoms with van der Waals surface area (Å²) in [5.74, 6) is 0.722. The van der Waals surface area contributed by atoms with E-state index in [1.165, 1.54) is 0 Å². The van der Waals surface area contributed by atoms with Crippen LogP contribution in [0.1, 0.15) is 18.1 Å². The van der Waals surface area contributed by atoms with Gasteiger partial charge in [0, 0.05) is 14.2 Å². The predicted octanol–water partition coefficient (Wildman–Crippen LogP) is 5.41. The molecule has 0 unspecified atom stereocenters. The van der Waals surface area contributed by atoms with Crippen LogP contribution in [-0.2, 0) is 0 Å². The fourth-order valence-electron chi connectivity index (χ4n) is 1.88. The Kier molecular flexibility index (Phi) is 5.66. The number of nitriles is 1. The minimum atomic E-state index is 0.563. The Morgan fingerprint density at radius 1 is 1.29 bits per heavy atom. The van der Waals surface area contributed by atoms with Gasteiger partial charge in [-0.2, -0.15) is 5.26 Å². The van der Waals surface area contributed by atoms with Crippen molar-refractivity contribution in [2.75, 3.05) is 6.61 Å². The zero-order valence-corrected chi connectivity index (χ0v) is 14.4. The van der Waals surface area contributed by atoms with E-state index >= 15 is 0 Å². The smallest absolute Gasteiger partial charge is 0.126 e. The van der Waals surface area contributed by atoms with Crippen molar-refractivity contribution in [2.45, 2.75) is 6.92 Å². The SMILES string of the molecule is CCOc1ccc(Cl)cc1/C=C(/C#N)c1ccc(I)cc1. The first-order chi connectivity index (χ1) is 10.1. The molecule has 0 aliphatic heterocycles. The van der Waals surface area contributed by atoms with E-state index in [0.717, 1.165) is 20.4 Å². The molecule has 0 aromatic heterocycles. The summed E-state index contributed by atoms with van der Waals surface area (Å²) < 4.78 is 6.71. The van der Waals surface area contributed by atoms with Crippen molar-refractivity contribution in [1.82, 2.24) is 0 Å². The molecule has 0 heterocycles.